The summed E-state index contributed by atoms with van der Waals surface area (Å²) in [6.45, 7) is 0.875. The molecule has 6 heteroatoms. The Kier molecular flexibility index (Phi) is 4.05. The fourth-order valence-electron chi connectivity index (χ4n) is 3.54. The second-order valence-electron chi connectivity index (χ2n) is 6.42. The summed E-state index contributed by atoms with van der Waals surface area (Å²) >= 11 is 0. The Balaban J connectivity index is 1.52. The van der Waals surface area contributed by atoms with Crippen LogP contribution in [0.1, 0.15) is 34.3 Å². The van der Waals surface area contributed by atoms with Crippen molar-refractivity contribution in [1.82, 2.24) is 0 Å². The minimum Gasteiger partial charge on any atom is -0.457 e. The Bertz CT molecular complexity index is 932. The van der Waals surface area contributed by atoms with Gasteiger partial charge in [-0.2, -0.15) is 5.26 Å². The zero-order chi connectivity index (χ0) is 18.1. The molecule has 1 atom stereocenters. The molecule has 0 aliphatic carbocycles. The average molecular weight is 347 g/mol. The van der Waals surface area contributed by atoms with Crippen LogP contribution in [0.5, 0.6) is 0 Å². The van der Waals surface area contributed by atoms with E-state index in [-0.39, 0.29) is 18.6 Å². The lowest BCUT2D eigenvalue weighted by Crippen LogP contribution is -2.43. The van der Waals surface area contributed by atoms with Crippen LogP contribution in [-0.2, 0) is 16.1 Å². The lowest BCUT2D eigenvalue weighted by atomic mass is 10.1. The molecule has 0 radical (unpaired) electrons. The van der Waals surface area contributed by atoms with Gasteiger partial charge in [0.05, 0.1) is 28.6 Å². The molecular weight excluding hydrogens is 330 g/mol. The molecule has 0 aromatic heterocycles. The minimum absolute atomic E-state index is 0.0246. The predicted octanol–water partition coefficient (Wildman–Crippen LogP) is 2.84. The molecule has 1 N–H and O–H groups in total. The molecule has 2 aromatic rings. The first-order valence-electron chi connectivity index (χ1n) is 8.54. The maximum Gasteiger partial charge on any atom is 0.338 e. The third-order valence-electron chi connectivity index (χ3n) is 4.85. The van der Waals surface area contributed by atoms with Crippen molar-refractivity contribution >= 4 is 23.3 Å². The lowest BCUT2D eigenvalue weighted by molar-refractivity contribution is -0.117. The van der Waals surface area contributed by atoms with Gasteiger partial charge in [-0.3, -0.25) is 4.79 Å². The molecule has 2 heterocycles. The molecule has 1 saturated heterocycles. The Morgan fingerprint density at radius 1 is 1.31 bits per heavy atom. The van der Waals surface area contributed by atoms with Crippen LogP contribution >= 0.6 is 0 Å². The highest BCUT2D eigenvalue weighted by Crippen LogP contribution is 2.37. The molecular formula is C20H17N3O3. The van der Waals surface area contributed by atoms with E-state index in [4.69, 9.17) is 10.00 Å². The number of benzene rings is 2. The first kappa shape index (κ1) is 16.2. The molecule has 0 unspecified atom stereocenters. The molecule has 130 valence electrons. The molecule has 2 aromatic carbocycles. The van der Waals surface area contributed by atoms with E-state index in [1.54, 1.807) is 36.4 Å². The second-order valence-corrected chi connectivity index (χ2v) is 6.42. The number of carbonyl (C=O) groups excluding carboxylic acids is 2. The lowest BCUT2D eigenvalue weighted by Gasteiger charge is -2.33. The highest BCUT2D eigenvalue weighted by molar-refractivity contribution is 6.05. The van der Waals surface area contributed by atoms with Gasteiger partial charge in [0.15, 0.2) is 0 Å². The molecule has 2 aliphatic heterocycles. The Labute approximate surface area is 151 Å². The van der Waals surface area contributed by atoms with E-state index < -0.39 is 5.97 Å². The number of anilines is 2. The summed E-state index contributed by atoms with van der Waals surface area (Å²) in [5.41, 5.74) is 3.10. The van der Waals surface area contributed by atoms with E-state index in [1.165, 1.54) is 0 Å². The molecule has 26 heavy (non-hydrogen) atoms. The summed E-state index contributed by atoms with van der Waals surface area (Å²) in [5, 5.41) is 12.0. The normalized spacial score (nSPS) is 17.7. The maximum absolute atomic E-state index is 12.4. The number of nitrogens with one attached hydrogen (secondary N) is 1. The standard InChI is InChI=1S/C20H17N3O3/c21-11-14-4-1-2-5-15(14)12-26-20(25)13-7-8-17-16(10-13)22-19(24)18-6-3-9-23(17)18/h1-2,4-5,7-8,10,18H,3,6,9,12H2,(H,22,24)/t18-/m0/s1. The molecule has 1 fully saturated rings. The number of ether oxygens (including phenoxy) is 1. The molecule has 0 spiro atoms. The number of amides is 1. The van der Waals surface area contributed by atoms with Crippen LogP contribution in [-0.4, -0.2) is 24.5 Å². The highest BCUT2D eigenvalue weighted by atomic mass is 16.5. The number of nitrogens with zero attached hydrogens (tertiary/aromatic N) is 2. The third kappa shape index (κ3) is 2.78. The Morgan fingerprint density at radius 3 is 3.00 bits per heavy atom. The van der Waals surface area contributed by atoms with Gasteiger partial charge in [0, 0.05) is 12.1 Å². The van der Waals surface area contributed by atoms with Crippen molar-refractivity contribution in [2.24, 2.45) is 0 Å². The van der Waals surface area contributed by atoms with Crippen LogP contribution in [0.3, 0.4) is 0 Å². The monoisotopic (exact) mass is 347 g/mol. The van der Waals surface area contributed by atoms with Crippen molar-refractivity contribution in [2.75, 3.05) is 16.8 Å². The van der Waals surface area contributed by atoms with Gasteiger partial charge in [0.25, 0.3) is 0 Å². The minimum atomic E-state index is -0.488. The third-order valence-corrected chi connectivity index (χ3v) is 4.85. The van der Waals surface area contributed by atoms with Gasteiger partial charge < -0.3 is 15.0 Å². The number of nitriles is 1. The van der Waals surface area contributed by atoms with E-state index in [0.29, 0.717) is 22.4 Å². The Hall–Kier alpha value is -3.33. The zero-order valence-corrected chi connectivity index (χ0v) is 14.1. The SMILES string of the molecule is N#Cc1ccccc1COC(=O)c1ccc2c(c1)NC(=O)[C@@H]1CCCN21. The second kappa shape index (κ2) is 6.52. The summed E-state index contributed by atoms with van der Waals surface area (Å²) in [6, 6.07) is 14.2. The zero-order valence-electron chi connectivity index (χ0n) is 14.1. The number of hydrogen-bond acceptors (Lipinski definition) is 5. The van der Waals surface area contributed by atoms with Crippen LogP contribution in [0.15, 0.2) is 42.5 Å². The summed E-state index contributed by atoms with van der Waals surface area (Å²) in [7, 11) is 0. The Morgan fingerprint density at radius 2 is 2.15 bits per heavy atom. The van der Waals surface area contributed by atoms with E-state index in [9.17, 15) is 9.59 Å². The topological polar surface area (TPSA) is 82.4 Å². The maximum atomic E-state index is 12.4. The number of fused-ring (bicyclic) bond motifs is 3. The van der Waals surface area contributed by atoms with Gasteiger partial charge in [-0.1, -0.05) is 18.2 Å². The predicted molar refractivity (Wildman–Crippen MR) is 95.7 cm³/mol. The fraction of sp³-hybridized carbons (Fsp3) is 0.250. The quantitative estimate of drug-likeness (QED) is 0.864. The molecule has 4 rings (SSSR count). The first-order valence-corrected chi connectivity index (χ1v) is 8.54. The number of rotatable bonds is 3. The molecule has 2 aliphatic rings. The van der Waals surface area contributed by atoms with E-state index >= 15 is 0 Å². The van der Waals surface area contributed by atoms with Crippen LogP contribution in [0, 0.1) is 11.3 Å². The van der Waals surface area contributed by atoms with Crippen molar-refractivity contribution < 1.29 is 14.3 Å². The van der Waals surface area contributed by atoms with Gasteiger partial charge in [0.2, 0.25) is 5.91 Å². The van der Waals surface area contributed by atoms with E-state index in [1.807, 2.05) is 6.07 Å². The molecule has 0 saturated carbocycles. The smallest absolute Gasteiger partial charge is 0.338 e. The van der Waals surface area contributed by atoms with Gasteiger partial charge in [-0.25, -0.2) is 4.79 Å². The van der Waals surface area contributed by atoms with Crippen LogP contribution in [0.4, 0.5) is 11.4 Å². The van der Waals surface area contributed by atoms with Crippen molar-refractivity contribution in [1.29, 1.82) is 5.26 Å². The average Bonchev–Trinajstić information content (AvgIpc) is 3.16. The van der Waals surface area contributed by atoms with Crippen LogP contribution < -0.4 is 10.2 Å². The summed E-state index contributed by atoms with van der Waals surface area (Å²) < 4.78 is 5.34. The van der Waals surface area contributed by atoms with Crippen molar-refractivity contribution in [3.63, 3.8) is 0 Å². The highest BCUT2D eigenvalue weighted by Gasteiger charge is 2.36. The van der Waals surface area contributed by atoms with Crippen molar-refractivity contribution in [3.05, 3.63) is 59.2 Å². The summed E-state index contributed by atoms with van der Waals surface area (Å²) in [6.07, 6.45) is 1.84. The van der Waals surface area contributed by atoms with Crippen LogP contribution in [0.2, 0.25) is 0 Å². The number of hydrogen-bond donors (Lipinski definition) is 1. The summed E-state index contributed by atoms with van der Waals surface area (Å²) in [4.78, 5) is 26.7. The molecule has 0 bridgehead atoms. The molecule has 6 nitrogen and oxygen atoms in total. The van der Waals surface area contributed by atoms with Gasteiger partial charge in [0.1, 0.15) is 12.6 Å². The van der Waals surface area contributed by atoms with Crippen LogP contribution in [0.25, 0.3) is 0 Å². The summed E-state index contributed by atoms with van der Waals surface area (Å²) in [5.74, 6) is -0.512. The largest absolute Gasteiger partial charge is 0.457 e. The van der Waals surface area contributed by atoms with E-state index in [2.05, 4.69) is 16.3 Å². The van der Waals surface area contributed by atoms with Crippen molar-refractivity contribution in [3.8, 4) is 6.07 Å². The van der Waals surface area contributed by atoms with E-state index in [0.717, 1.165) is 25.1 Å². The van der Waals surface area contributed by atoms with Gasteiger partial charge >= 0.3 is 5.97 Å². The molecule has 1 amide bonds. The first-order chi connectivity index (χ1) is 12.7. The van der Waals surface area contributed by atoms with Gasteiger partial charge in [-0.05, 0) is 37.1 Å². The fourth-order valence-corrected chi connectivity index (χ4v) is 3.54. The number of esters is 1. The number of carbonyl (C=O) groups is 2. The van der Waals surface area contributed by atoms with Crippen molar-refractivity contribution in [2.45, 2.75) is 25.5 Å². The van der Waals surface area contributed by atoms with Gasteiger partial charge in [-0.15, -0.1) is 0 Å².